The van der Waals surface area contributed by atoms with Crippen molar-refractivity contribution in [1.82, 2.24) is 19.2 Å². The summed E-state index contributed by atoms with van der Waals surface area (Å²) in [5, 5.41) is 0. The molecule has 2 fully saturated rings. The lowest BCUT2D eigenvalue weighted by Crippen LogP contribution is -2.49. The van der Waals surface area contributed by atoms with Crippen LogP contribution in [-0.2, 0) is 10.0 Å². The van der Waals surface area contributed by atoms with E-state index in [1.54, 1.807) is 18.5 Å². The minimum atomic E-state index is -3.48. The van der Waals surface area contributed by atoms with Gasteiger partial charge in [-0.3, -0.25) is 0 Å². The second kappa shape index (κ2) is 8.11. The molecular weight excluding hydrogens is 420 g/mol. The van der Waals surface area contributed by atoms with E-state index in [0.717, 1.165) is 49.2 Å². The molecule has 0 N–H and O–H groups in total. The Morgan fingerprint density at radius 3 is 2.04 bits per heavy atom. The molecule has 152 valence electrons. The van der Waals surface area contributed by atoms with Crippen LogP contribution in [0.4, 0.5) is 11.6 Å². The third kappa shape index (κ3) is 4.11. The first kappa shape index (κ1) is 19.8. The van der Waals surface area contributed by atoms with Crippen LogP contribution in [0.25, 0.3) is 0 Å². The summed E-state index contributed by atoms with van der Waals surface area (Å²) >= 11 is 7.00. The van der Waals surface area contributed by atoms with Crippen molar-refractivity contribution in [3.05, 3.63) is 28.9 Å². The normalized spacial score (nSPS) is 19.9. The number of likely N-dealkylation sites (N-methyl/N-ethyl adjacent to an activating group) is 1. The number of rotatable bonds is 4. The molecular formula is C17H23ClN6O2S2. The zero-order chi connectivity index (χ0) is 19.7. The lowest BCUT2D eigenvalue weighted by atomic mass is 10.3. The minimum absolute atomic E-state index is 0.297. The Balaban J connectivity index is 1.42. The first-order valence-electron chi connectivity index (χ1n) is 9.19. The van der Waals surface area contributed by atoms with Gasteiger partial charge in [0.05, 0.1) is 4.34 Å². The molecule has 0 saturated carbocycles. The van der Waals surface area contributed by atoms with Crippen molar-refractivity contribution in [2.45, 2.75) is 4.21 Å². The number of piperazine rings is 2. The molecule has 0 atom stereocenters. The highest BCUT2D eigenvalue weighted by atomic mass is 35.5. The van der Waals surface area contributed by atoms with Gasteiger partial charge in [0.15, 0.2) is 0 Å². The smallest absolute Gasteiger partial charge is 0.252 e. The lowest BCUT2D eigenvalue weighted by Gasteiger charge is -2.36. The SMILES string of the molecule is CN1CCN(c2cc(N3CCN(S(=O)(=O)c4ccc(Cl)s4)CC3)ncn2)CC1. The lowest BCUT2D eigenvalue weighted by molar-refractivity contribution is 0.312. The Morgan fingerprint density at radius 1 is 0.929 bits per heavy atom. The molecule has 0 amide bonds. The van der Waals surface area contributed by atoms with E-state index in [4.69, 9.17) is 11.6 Å². The first-order chi connectivity index (χ1) is 13.4. The highest BCUT2D eigenvalue weighted by Gasteiger charge is 2.30. The van der Waals surface area contributed by atoms with Crippen molar-refractivity contribution in [3.63, 3.8) is 0 Å². The van der Waals surface area contributed by atoms with Crippen LogP contribution in [0.15, 0.2) is 28.7 Å². The number of anilines is 2. The Kier molecular flexibility index (Phi) is 5.75. The number of hydrogen-bond donors (Lipinski definition) is 0. The van der Waals surface area contributed by atoms with Crippen molar-refractivity contribution in [2.24, 2.45) is 0 Å². The standard InChI is InChI=1S/C17H23ClN6O2S2/c1-21-4-6-22(7-5-21)15-12-16(20-13-19-15)23-8-10-24(11-9-23)28(25,26)17-3-2-14(18)27-17/h2-3,12-13H,4-11H2,1H3. The maximum Gasteiger partial charge on any atom is 0.252 e. The van der Waals surface area contributed by atoms with E-state index in [0.29, 0.717) is 34.7 Å². The van der Waals surface area contributed by atoms with Crippen LogP contribution in [0, 0.1) is 0 Å². The van der Waals surface area contributed by atoms with E-state index in [-0.39, 0.29) is 0 Å². The van der Waals surface area contributed by atoms with Crippen LogP contribution in [0.5, 0.6) is 0 Å². The Morgan fingerprint density at radius 2 is 1.50 bits per heavy atom. The first-order valence-corrected chi connectivity index (χ1v) is 11.8. The summed E-state index contributed by atoms with van der Waals surface area (Å²) in [5.41, 5.74) is 0. The van der Waals surface area contributed by atoms with Crippen LogP contribution in [0.2, 0.25) is 4.34 Å². The quantitative estimate of drug-likeness (QED) is 0.709. The molecule has 4 heterocycles. The number of hydrogen-bond acceptors (Lipinski definition) is 8. The van der Waals surface area contributed by atoms with Gasteiger partial charge in [0, 0.05) is 58.4 Å². The fraction of sp³-hybridized carbons (Fsp3) is 0.529. The highest BCUT2D eigenvalue weighted by Crippen LogP contribution is 2.29. The number of halogens is 1. The molecule has 2 aliphatic heterocycles. The van der Waals surface area contributed by atoms with Gasteiger partial charge in [-0.2, -0.15) is 4.31 Å². The average Bonchev–Trinajstić information content (AvgIpc) is 3.16. The predicted octanol–water partition coefficient (Wildman–Crippen LogP) is 1.45. The fourth-order valence-electron chi connectivity index (χ4n) is 3.44. The van der Waals surface area contributed by atoms with Gasteiger partial charge in [-0.1, -0.05) is 11.6 Å². The van der Waals surface area contributed by atoms with Gasteiger partial charge in [-0.25, -0.2) is 18.4 Å². The molecule has 2 aromatic heterocycles. The molecule has 0 spiro atoms. The van der Waals surface area contributed by atoms with Gasteiger partial charge in [0.2, 0.25) is 0 Å². The average molecular weight is 443 g/mol. The van der Waals surface area contributed by atoms with Gasteiger partial charge >= 0.3 is 0 Å². The largest absolute Gasteiger partial charge is 0.354 e. The Labute approximate surface area is 174 Å². The molecule has 28 heavy (non-hydrogen) atoms. The number of sulfonamides is 1. The molecule has 2 aliphatic rings. The van der Waals surface area contributed by atoms with E-state index < -0.39 is 10.0 Å². The number of aromatic nitrogens is 2. The summed E-state index contributed by atoms with van der Waals surface area (Å²) in [6.45, 7) is 5.96. The highest BCUT2D eigenvalue weighted by molar-refractivity contribution is 7.91. The molecule has 0 bridgehead atoms. The summed E-state index contributed by atoms with van der Waals surface area (Å²) in [6, 6.07) is 5.20. The van der Waals surface area contributed by atoms with E-state index in [1.165, 1.54) is 4.31 Å². The van der Waals surface area contributed by atoms with Crippen molar-refractivity contribution in [3.8, 4) is 0 Å². The Hall–Kier alpha value is -1.46. The van der Waals surface area contributed by atoms with Crippen LogP contribution < -0.4 is 9.80 Å². The summed E-state index contributed by atoms with van der Waals surface area (Å²) in [6.07, 6.45) is 1.60. The van der Waals surface area contributed by atoms with Crippen LogP contribution in [-0.4, -0.2) is 87.0 Å². The fourth-order valence-corrected chi connectivity index (χ4v) is 6.50. The van der Waals surface area contributed by atoms with Crippen molar-refractivity contribution < 1.29 is 8.42 Å². The molecule has 2 saturated heterocycles. The molecule has 8 nitrogen and oxygen atoms in total. The van der Waals surface area contributed by atoms with E-state index in [9.17, 15) is 8.42 Å². The topological polar surface area (TPSA) is 72.9 Å². The maximum atomic E-state index is 12.8. The molecule has 2 aromatic rings. The van der Waals surface area contributed by atoms with Crippen LogP contribution in [0.1, 0.15) is 0 Å². The molecule has 0 aromatic carbocycles. The van der Waals surface area contributed by atoms with E-state index in [2.05, 4.69) is 31.7 Å². The molecule has 4 rings (SSSR count). The van der Waals surface area contributed by atoms with Crippen LogP contribution in [0.3, 0.4) is 0 Å². The van der Waals surface area contributed by atoms with Gasteiger partial charge in [0.25, 0.3) is 10.0 Å². The zero-order valence-corrected chi connectivity index (χ0v) is 18.0. The molecule has 0 unspecified atom stereocenters. The van der Waals surface area contributed by atoms with Gasteiger partial charge in [0.1, 0.15) is 22.2 Å². The van der Waals surface area contributed by atoms with Gasteiger partial charge < -0.3 is 14.7 Å². The van der Waals surface area contributed by atoms with Crippen molar-refractivity contribution >= 4 is 44.6 Å². The van der Waals surface area contributed by atoms with E-state index in [1.807, 2.05) is 6.07 Å². The van der Waals surface area contributed by atoms with Gasteiger partial charge in [-0.05, 0) is 19.2 Å². The summed E-state index contributed by atoms with van der Waals surface area (Å²) in [7, 11) is -1.36. The Bertz CT molecular complexity index is 921. The minimum Gasteiger partial charge on any atom is -0.354 e. The monoisotopic (exact) mass is 442 g/mol. The second-order valence-electron chi connectivity index (χ2n) is 6.97. The summed E-state index contributed by atoms with van der Waals surface area (Å²) < 4.78 is 27.8. The third-order valence-corrected chi connectivity index (χ3v) is 8.77. The van der Waals surface area contributed by atoms with Crippen molar-refractivity contribution in [1.29, 1.82) is 0 Å². The van der Waals surface area contributed by atoms with Crippen molar-refractivity contribution in [2.75, 3.05) is 69.2 Å². The summed E-state index contributed by atoms with van der Waals surface area (Å²) in [4.78, 5) is 15.5. The van der Waals surface area contributed by atoms with E-state index >= 15 is 0 Å². The molecule has 0 aliphatic carbocycles. The van der Waals surface area contributed by atoms with Crippen LogP contribution >= 0.6 is 22.9 Å². The molecule has 0 radical (unpaired) electrons. The zero-order valence-electron chi connectivity index (χ0n) is 15.7. The predicted molar refractivity (Wildman–Crippen MR) is 112 cm³/mol. The second-order valence-corrected chi connectivity index (χ2v) is 10.9. The molecule has 11 heteroatoms. The van der Waals surface area contributed by atoms with Gasteiger partial charge in [-0.15, -0.1) is 11.3 Å². The summed E-state index contributed by atoms with van der Waals surface area (Å²) in [5.74, 6) is 1.78. The number of thiophene rings is 1. The maximum absolute atomic E-state index is 12.8. The number of nitrogens with zero attached hydrogens (tertiary/aromatic N) is 6. The third-order valence-electron chi connectivity index (χ3n) is 5.17.